The molecule has 0 saturated carbocycles. The smallest absolute Gasteiger partial charge is 0.310 e. The lowest BCUT2D eigenvalue weighted by atomic mass is 9.92. The second-order valence-corrected chi connectivity index (χ2v) is 5.36. The van der Waals surface area contributed by atoms with Crippen LogP contribution in [0.25, 0.3) is 0 Å². The van der Waals surface area contributed by atoms with Crippen LogP contribution in [0.15, 0.2) is 10.6 Å². The maximum atomic E-state index is 10.9. The molecule has 4 heteroatoms. The Kier molecular flexibility index (Phi) is 3.72. The Hall–Kier alpha value is -0.350. The van der Waals surface area contributed by atoms with E-state index >= 15 is 0 Å². The average Bonchev–Trinajstić information content (AvgIpc) is 2.02. The molecule has 1 N–H and O–H groups in total. The number of hydrogen-bond donors (Lipinski definition) is 1. The van der Waals surface area contributed by atoms with Crippen LogP contribution >= 0.6 is 15.9 Å². The zero-order valence-corrected chi connectivity index (χ0v) is 10.2. The molecule has 0 radical (unpaired) electrons. The summed E-state index contributed by atoms with van der Waals surface area (Å²) in [5.41, 5.74) is -0.662. The van der Waals surface area contributed by atoms with Gasteiger partial charge in [-0.25, -0.2) is 0 Å². The third kappa shape index (κ3) is 3.10. The summed E-state index contributed by atoms with van der Waals surface area (Å²) >= 11 is 3.45. The Morgan fingerprint density at radius 3 is 2.86 bits per heavy atom. The predicted octanol–water partition coefficient (Wildman–Crippen LogP) is 2.08. The first-order valence-corrected chi connectivity index (χ1v) is 5.51. The monoisotopic (exact) mass is 261 g/mol. The van der Waals surface area contributed by atoms with Gasteiger partial charge in [0.1, 0.15) is 0 Å². The topological polar surface area (TPSA) is 40.5 Å². The SMILES string of the molecule is CC(C)(CN1CCC=C(Br)C1)C(=O)O. The summed E-state index contributed by atoms with van der Waals surface area (Å²) in [5, 5.41) is 8.98. The van der Waals surface area contributed by atoms with E-state index in [-0.39, 0.29) is 0 Å². The van der Waals surface area contributed by atoms with Gasteiger partial charge in [0.05, 0.1) is 5.41 Å². The molecule has 0 unspecified atom stereocenters. The molecule has 0 bridgehead atoms. The Morgan fingerprint density at radius 2 is 2.36 bits per heavy atom. The molecule has 1 aliphatic rings. The van der Waals surface area contributed by atoms with Crippen LogP contribution in [0.5, 0.6) is 0 Å². The van der Waals surface area contributed by atoms with Gasteiger partial charge in [-0.05, 0) is 20.3 Å². The van der Waals surface area contributed by atoms with E-state index in [9.17, 15) is 4.79 Å². The molecule has 0 aliphatic carbocycles. The van der Waals surface area contributed by atoms with Crippen molar-refractivity contribution in [1.29, 1.82) is 0 Å². The number of nitrogens with zero attached hydrogens (tertiary/aromatic N) is 1. The number of aliphatic carboxylic acids is 1. The minimum Gasteiger partial charge on any atom is -0.481 e. The van der Waals surface area contributed by atoms with E-state index in [1.165, 1.54) is 0 Å². The van der Waals surface area contributed by atoms with E-state index < -0.39 is 11.4 Å². The molecule has 3 nitrogen and oxygen atoms in total. The molecule has 1 aliphatic heterocycles. The maximum Gasteiger partial charge on any atom is 0.310 e. The van der Waals surface area contributed by atoms with Gasteiger partial charge in [-0.2, -0.15) is 0 Å². The van der Waals surface area contributed by atoms with Crippen molar-refractivity contribution >= 4 is 21.9 Å². The van der Waals surface area contributed by atoms with E-state index in [1.807, 2.05) is 0 Å². The Labute approximate surface area is 92.9 Å². The van der Waals surface area contributed by atoms with Crippen LogP contribution in [0.1, 0.15) is 20.3 Å². The first kappa shape index (κ1) is 11.7. The summed E-state index contributed by atoms with van der Waals surface area (Å²) in [5.74, 6) is -0.733. The van der Waals surface area contributed by atoms with E-state index in [2.05, 4.69) is 26.9 Å². The molecule has 0 aromatic rings. The van der Waals surface area contributed by atoms with Crippen LogP contribution in [-0.2, 0) is 4.79 Å². The lowest BCUT2D eigenvalue weighted by Gasteiger charge is -2.31. The predicted molar refractivity (Wildman–Crippen MR) is 59.5 cm³/mol. The molecule has 0 aromatic carbocycles. The molecular weight excluding hydrogens is 246 g/mol. The van der Waals surface area contributed by atoms with Gasteiger partial charge in [0.25, 0.3) is 0 Å². The standard InChI is InChI=1S/C10H16BrNO2/c1-10(2,9(13)14)7-12-5-3-4-8(11)6-12/h4H,3,5-7H2,1-2H3,(H,13,14). The van der Waals surface area contributed by atoms with Crippen LogP contribution in [0, 0.1) is 5.41 Å². The van der Waals surface area contributed by atoms with Gasteiger partial charge in [0.2, 0.25) is 0 Å². The van der Waals surface area contributed by atoms with E-state index in [0.717, 1.165) is 24.0 Å². The molecule has 1 rings (SSSR count). The van der Waals surface area contributed by atoms with Crippen LogP contribution in [0.4, 0.5) is 0 Å². The highest BCUT2D eigenvalue weighted by molar-refractivity contribution is 9.11. The van der Waals surface area contributed by atoms with Crippen molar-refractivity contribution in [2.75, 3.05) is 19.6 Å². The average molecular weight is 262 g/mol. The van der Waals surface area contributed by atoms with Crippen LogP contribution in [0.2, 0.25) is 0 Å². The fourth-order valence-electron chi connectivity index (χ4n) is 1.52. The van der Waals surface area contributed by atoms with E-state index in [1.54, 1.807) is 13.8 Å². The summed E-state index contributed by atoms with van der Waals surface area (Å²) in [6, 6.07) is 0. The van der Waals surface area contributed by atoms with E-state index in [4.69, 9.17) is 5.11 Å². The summed E-state index contributed by atoms with van der Waals surface area (Å²) in [6.07, 6.45) is 3.14. The van der Waals surface area contributed by atoms with Gasteiger partial charge >= 0.3 is 5.97 Å². The van der Waals surface area contributed by atoms with Crippen molar-refractivity contribution in [3.63, 3.8) is 0 Å². The second kappa shape index (κ2) is 4.45. The number of hydrogen-bond acceptors (Lipinski definition) is 2. The zero-order chi connectivity index (χ0) is 10.8. The molecule has 80 valence electrons. The number of carbonyl (C=O) groups is 1. The van der Waals surface area contributed by atoms with Gasteiger partial charge in [0.15, 0.2) is 0 Å². The van der Waals surface area contributed by atoms with Crippen molar-refractivity contribution in [1.82, 2.24) is 4.90 Å². The fraction of sp³-hybridized carbons (Fsp3) is 0.700. The van der Waals surface area contributed by atoms with Gasteiger partial charge in [-0.3, -0.25) is 9.69 Å². The zero-order valence-electron chi connectivity index (χ0n) is 8.59. The van der Waals surface area contributed by atoms with Gasteiger partial charge in [-0.15, -0.1) is 0 Å². The quantitative estimate of drug-likeness (QED) is 0.846. The molecule has 0 fully saturated rings. The first-order chi connectivity index (χ1) is 6.42. The third-order valence-corrected chi connectivity index (χ3v) is 2.96. The van der Waals surface area contributed by atoms with Gasteiger partial charge < -0.3 is 5.11 Å². The van der Waals surface area contributed by atoms with E-state index in [0.29, 0.717) is 6.54 Å². The number of halogens is 1. The van der Waals surface area contributed by atoms with Crippen molar-refractivity contribution in [2.45, 2.75) is 20.3 Å². The largest absolute Gasteiger partial charge is 0.481 e. The Bertz CT molecular complexity index is 261. The van der Waals surface area contributed by atoms with Crippen molar-refractivity contribution < 1.29 is 9.90 Å². The van der Waals surface area contributed by atoms with Crippen LogP contribution in [0.3, 0.4) is 0 Å². The highest BCUT2D eigenvalue weighted by Crippen LogP contribution is 2.21. The molecule has 1 heterocycles. The third-order valence-electron chi connectivity index (χ3n) is 2.38. The van der Waals surface area contributed by atoms with Gasteiger partial charge in [0, 0.05) is 24.1 Å². The fourth-order valence-corrected chi connectivity index (χ4v) is 2.11. The maximum absolute atomic E-state index is 10.9. The van der Waals surface area contributed by atoms with Gasteiger partial charge in [-0.1, -0.05) is 22.0 Å². The molecule has 14 heavy (non-hydrogen) atoms. The summed E-state index contributed by atoms with van der Waals surface area (Å²) in [4.78, 5) is 13.1. The van der Waals surface area contributed by atoms with Crippen LogP contribution in [-0.4, -0.2) is 35.6 Å². The molecule has 0 spiro atoms. The second-order valence-electron chi connectivity index (χ2n) is 4.34. The number of carboxylic acid groups (broad SMARTS) is 1. The molecular formula is C10H16BrNO2. The summed E-state index contributed by atoms with van der Waals surface area (Å²) < 4.78 is 1.16. The molecule has 0 saturated heterocycles. The lowest BCUT2D eigenvalue weighted by molar-refractivity contribution is -0.147. The molecule has 0 aromatic heterocycles. The first-order valence-electron chi connectivity index (χ1n) is 4.72. The van der Waals surface area contributed by atoms with Crippen molar-refractivity contribution in [3.05, 3.63) is 10.6 Å². The lowest BCUT2D eigenvalue weighted by Crippen LogP contribution is -2.41. The number of carboxylic acids is 1. The highest BCUT2D eigenvalue weighted by atomic mass is 79.9. The summed E-state index contributed by atoms with van der Waals surface area (Å²) in [7, 11) is 0. The van der Waals surface area contributed by atoms with Crippen molar-refractivity contribution in [2.24, 2.45) is 5.41 Å². The normalized spacial score (nSPS) is 19.2. The minimum absolute atomic E-state index is 0.602. The Morgan fingerprint density at radius 1 is 1.71 bits per heavy atom. The molecule has 0 atom stereocenters. The van der Waals surface area contributed by atoms with Crippen LogP contribution < -0.4 is 0 Å². The minimum atomic E-state index is -0.733. The highest BCUT2D eigenvalue weighted by Gasteiger charge is 2.30. The van der Waals surface area contributed by atoms with Crippen molar-refractivity contribution in [3.8, 4) is 0 Å². The summed E-state index contributed by atoms with van der Waals surface area (Å²) in [6.45, 7) is 5.91. The number of rotatable bonds is 3. The Balaban J connectivity index is 2.53. The molecule has 0 amide bonds.